The number of para-hydroxylation sites is 1. The van der Waals surface area contributed by atoms with Crippen LogP contribution in [-0.2, 0) is 4.79 Å². The summed E-state index contributed by atoms with van der Waals surface area (Å²) < 4.78 is 1.74. The Hall–Kier alpha value is -5.31. The number of hydrogen-bond donors (Lipinski definition) is 3. The van der Waals surface area contributed by atoms with E-state index in [4.69, 9.17) is 5.10 Å². The maximum Gasteiger partial charge on any atom is 0.290 e. The topological polar surface area (TPSA) is 122 Å². The van der Waals surface area contributed by atoms with Crippen molar-refractivity contribution in [1.82, 2.24) is 30.8 Å². The molecule has 36 heavy (non-hydrogen) atoms. The van der Waals surface area contributed by atoms with E-state index in [1.54, 1.807) is 35.0 Å². The summed E-state index contributed by atoms with van der Waals surface area (Å²) in [4.78, 5) is 37.0. The number of hydrogen-bond acceptors (Lipinski definition) is 5. The third kappa shape index (κ3) is 4.66. The molecule has 3 N–H and O–H groups in total. The van der Waals surface area contributed by atoms with Gasteiger partial charge in [0, 0.05) is 28.8 Å². The quantitative estimate of drug-likeness (QED) is 0.266. The van der Waals surface area contributed by atoms with E-state index in [1.165, 1.54) is 6.08 Å². The molecule has 176 valence electrons. The maximum absolute atomic E-state index is 12.6. The molecule has 0 saturated heterocycles. The third-order valence-corrected chi connectivity index (χ3v) is 5.44. The van der Waals surface area contributed by atoms with Gasteiger partial charge in [0.1, 0.15) is 0 Å². The highest BCUT2D eigenvalue weighted by atomic mass is 16.2. The van der Waals surface area contributed by atoms with Crippen molar-refractivity contribution in [2.45, 2.75) is 0 Å². The van der Waals surface area contributed by atoms with E-state index in [1.807, 2.05) is 66.9 Å². The van der Waals surface area contributed by atoms with Gasteiger partial charge in [0.15, 0.2) is 5.69 Å². The molecule has 0 saturated carbocycles. The van der Waals surface area contributed by atoms with Crippen molar-refractivity contribution in [2.75, 3.05) is 0 Å². The van der Waals surface area contributed by atoms with E-state index in [-0.39, 0.29) is 5.69 Å². The molecule has 5 aromatic rings. The van der Waals surface area contributed by atoms with Gasteiger partial charge in [-0.1, -0.05) is 66.7 Å². The van der Waals surface area contributed by atoms with E-state index in [0.29, 0.717) is 16.5 Å². The summed E-state index contributed by atoms with van der Waals surface area (Å²) in [5.41, 5.74) is 7.47. The number of nitrogens with one attached hydrogen (secondary N) is 3. The fourth-order valence-electron chi connectivity index (χ4n) is 3.72. The first kappa shape index (κ1) is 22.5. The highest BCUT2D eigenvalue weighted by Crippen LogP contribution is 2.24. The van der Waals surface area contributed by atoms with Crippen LogP contribution in [0.4, 0.5) is 0 Å². The first-order valence-corrected chi connectivity index (χ1v) is 11.1. The van der Waals surface area contributed by atoms with Crippen LogP contribution in [0, 0.1) is 0 Å². The average molecular weight is 476 g/mol. The minimum absolute atomic E-state index is 0.00928. The molecule has 0 aliphatic heterocycles. The summed E-state index contributed by atoms with van der Waals surface area (Å²) in [6.07, 6.45) is 4.76. The summed E-state index contributed by atoms with van der Waals surface area (Å²) >= 11 is 0. The number of aromatic nitrogens is 4. The van der Waals surface area contributed by atoms with Crippen molar-refractivity contribution in [2.24, 2.45) is 0 Å². The second kappa shape index (κ2) is 9.90. The van der Waals surface area contributed by atoms with E-state index in [0.717, 1.165) is 16.8 Å². The third-order valence-electron chi connectivity index (χ3n) is 5.44. The van der Waals surface area contributed by atoms with Crippen LogP contribution in [-0.4, -0.2) is 31.8 Å². The normalized spacial score (nSPS) is 11.0. The van der Waals surface area contributed by atoms with Crippen LogP contribution in [0.15, 0.2) is 102 Å². The maximum atomic E-state index is 12.6. The largest absolute Gasteiger partial charge is 0.290 e. The van der Waals surface area contributed by atoms with Crippen molar-refractivity contribution >= 4 is 28.7 Å². The Morgan fingerprint density at radius 3 is 2.25 bits per heavy atom. The van der Waals surface area contributed by atoms with Gasteiger partial charge < -0.3 is 0 Å². The van der Waals surface area contributed by atoms with Gasteiger partial charge in [-0.25, -0.2) is 9.78 Å². The first-order chi connectivity index (χ1) is 17.6. The molecular formula is C27H20N6O3. The van der Waals surface area contributed by atoms with Gasteiger partial charge >= 0.3 is 0 Å². The molecule has 0 aliphatic carbocycles. The highest BCUT2D eigenvalue weighted by Gasteiger charge is 2.15. The van der Waals surface area contributed by atoms with Gasteiger partial charge in [0.25, 0.3) is 17.4 Å². The zero-order valence-electron chi connectivity index (χ0n) is 18.9. The number of carbonyl (C=O) groups is 2. The van der Waals surface area contributed by atoms with Crippen molar-refractivity contribution in [3.8, 4) is 16.9 Å². The van der Waals surface area contributed by atoms with Gasteiger partial charge in [-0.15, -0.1) is 0 Å². The summed E-state index contributed by atoms with van der Waals surface area (Å²) in [5, 5.41) is 11.5. The van der Waals surface area contributed by atoms with Gasteiger partial charge in [-0.2, -0.15) is 10.2 Å². The molecule has 5 rings (SSSR count). The van der Waals surface area contributed by atoms with Crippen LogP contribution < -0.4 is 16.4 Å². The molecule has 0 unspecified atom stereocenters. The lowest BCUT2D eigenvalue weighted by Crippen LogP contribution is -2.41. The van der Waals surface area contributed by atoms with E-state index in [2.05, 4.69) is 21.0 Å². The van der Waals surface area contributed by atoms with Crippen LogP contribution in [0.25, 0.3) is 33.8 Å². The zero-order valence-corrected chi connectivity index (χ0v) is 18.9. The van der Waals surface area contributed by atoms with Gasteiger partial charge in [-0.05, 0) is 24.3 Å². The van der Waals surface area contributed by atoms with Crippen molar-refractivity contribution in [3.05, 3.63) is 119 Å². The van der Waals surface area contributed by atoms with Gasteiger partial charge in [-0.3, -0.25) is 25.2 Å². The molecule has 9 nitrogen and oxygen atoms in total. The number of hydrazine groups is 1. The monoisotopic (exact) mass is 476 g/mol. The van der Waals surface area contributed by atoms with Gasteiger partial charge in [0.2, 0.25) is 0 Å². The van der Waals surface area contributed by atoms with E-state index < -0.39 is 17.4 Å². The zero-order chi connectivity index (χ0) is 24.9. The first-order valence-electron chi connectivity index (χ1n) is 11.1. The Labute approximate surface area is 205 Å². The molecule has 3 aromatic carbocycles. The Bertz CT molecular complexity index is 1640. The van der Waals surface area contributed by atoms with Crippen LogP contribution in [0.3, 0.4) is 0 Å². The van der Waals surface area contributed by atoms with Crippen molar-refractivity contribution < 1.29 is 9.59 Å². The highest BCUT2D eigenvalue weighted by molar-refractivity contribution is 6.05. The number of H-pyrrole nitrogens is 1. The SMILES string of the molecule is O=C(/C=C/c1cn(-c2ccccc2)nc1-c1ccccc1)NNC(=O)c1n[nH]c(=O)c2ccccc12. The Morgan fingerprint density at radius 2 is 1.50 bits per heavy atom. The number of rotatable bonds is 5. The van der Waals surface area contributed by atoms with Crippen molar-refractivity contribution in [1.29, 1.82) is 0 Å². The lowest BCUT2D eigenvalue weighted by atomic mass is 10.1. The second-order valence-electron chi connectivity index (χ2n) is 7.80. The Morgan fingerprint density at radius 1 is 0.833 bits per heavy atom. The lowest BCUT2D eigenvalue weighted by molar-refractivity contribution is -0.117. The smallest absolute Gasteiger partial charge is 0.268 e. The standard InChI is InChI=1S/C27H20N6O3/c34-23(28-31-27(36)25-21-13-7-8-14-22(21)26(35)30-29-25)16-15-19-17-33(20-11-5-2-6-12-20)32-24(19)18-9-3-1-4-10-18/h1-17H,(H,28,34)(H,30,35)(H,31,36)/b16-15+. The van der Waals surface area contributed by atoms with Gasteiger partial charge in [0.05, 0.1) is 16.8 Å². The number of amides is 2. The number of fused-ring (bicyclic) bond motifs is 1. The molecule has 0 atom stereocenters. The number of carbonyl (C=O) groups excluding carboxylic acids is 2. The van der Waals surface area contributed by atoms with Crippen LogP contribution in [0.1, 0.15) is 16.1 Å². The summed E-state index contributed by atoms with van der Waals surface area (Å²) in [7, 11) is 0. The second-order valence-corrected chi connectivity index (χ2v) is 7.80. The molecule has 2 heterocycles. The molecule has 0 spiro atoms. The lowest BCUT2D eigenvalue weighted by Gasteiger charge is -2.06. The average Bonchev–Trinajstić information content (AvgIpc) is 3.36. The Kier molecular flexibility index (Phi) is 6.18. The van der Waals surface area contributed by atoms with E-state index >= 15 is 0 Å². The Balaban J connectivity index is 1.34. The molecule has 0 aliphatic rings. The summed E-state index contributed by atoms with van der Waals surface area (Å²) in [6, 6.07) is 25.9. The molecule has 0 radical (unpaired) electrons. The fraction of sp³-hybridized carbons (Fsp3) is 0. The molecule has 0 bridgehead atoms. The molecule has 9 heteroatoms. The summed E-state index contributed by atoms with van der Waals surface area (Å²) in [5.74, 6) is -1.21. The van der Waals surface area contributed by atoms with Crippen LogP contribution in [0.2, 0.25) is 0 Å². The molecule has 2 aromatic heterocycles. The van der Waals surface area contributed by atoms with Crippen molar-refractivity contribution in [3.63, 3.8) is 0 Å². The summed E-state index contributed by atoms with van der Waals surface area (Å²) in [6.45, 7) is 0. The van der Waals surface area contributed by atoms with E-state index in [9.17, 15) is 14.4 Å². The minimum Gasteiger partial charge on any atom is -0.268 e. The predicted molar refractivity (Wildman–Crippen MR) is 136 cm³/mol. The fourth-order valence-corrected chi connectivity index (χ4v) is 3.72. The van der Waals surface area contributed by atoms with Crippen LogP contribution >= 0.6 is 0 Å². The van der Waals surface area contributed by atoms with Crippen LogP contribution in [0.5, 0.6) is 0 Å². The molecule has 2 amide bonds. The predicted octanol–water partition coefficient (Wildman–Crippen LogP) is 3.25. The number of benzene rings is 3. The number of aromatic amines is 1. The number of nitrogens with zero attached hydrogens (tertiary/aromatic N) is 3. The molecular weight excluding hydrogens is 456 g/mol. The minimum atomic E-state index is -0.661. The molecule has 0 fully saturated rings.